The number of carboxylic acid groups (broad SMARTS) is 1. The number of aromatic carboxylic acids is 1. The average molecular weight is 316 g/mol. The van der Waals surface area contributed by atoms with E-state index in [4.69, 9.17) is 5.11 Å². The molecule has 0 aliphatic rings. The summed E-state index contributed by atoms with van der Waals surface area (Å²) in [6.45, 7) is 3.87. The normalized spacial score (nSPS) is 12.0. The van der Waals surface area contributed by atoms with Crippen LogP contribution in [0.1, 0.15) is 30.6 Å². The topological polar surface area (TPSA) is 92.5 Å². The van der Waals surface area contributed by atoms with E-state index in [0.717, 1.165) is 24.0 Å². The summed E-state index contributed by atoms with van der Waals surface area (Å²) in [5.41, 5.74) is -1.03. The van der Waals surface area contributed by atoms with E-state index in [1.165, 1.54) is 0 Å². The van der Waals surface area contributed by atoms with Crippen molar-refractivity contribution in [3.63, 3.8) is 0 Å². The number of anilines is 1. The first-order valence-electron chi connectivity index (χ1n) is 6.42. The van der Waals surface area contributed by atoms with Gasteiger partial charge in [0.1, 0.15) is 11.5 Å². The molecule has 21 heavy (non-hydrogen) atoms. The zero-order valence-corrected chi connectivity index (χ0v) is 12.6. The summed E-state index contributed by atoms with van der Waals surface area (Å²) in [4.78, 5) is 21.1. The largest absolute Gasteiger partial charge is 0.478 e. The number of nitro benzene ring substituents is 1. The van der Waals surface area contributed by atoms with Gasteiger partial charge in [-0.05, 0) is 30.9 Å². The van der Waals surface area contributed by atoms with Gasteiger partial charge in [0.15, 0.2) is 0 Å². The SMILES string of the molecule is CCSCCC(C)Nc1cc(C(=O)O)c(F)cc1[N+](=O)[O-]. The summed E-state index contributed by atoms with van der Waals surface area (Å²) < 4.78 is 13.5. The van der Waals surface area contributed by atoms with E-state index < -0.39 is 28.0 Å². The van der Waals surface area contributed by atoms with E-state index >= 15 is 0 Å². The standard InChI is InChI=1S/C13H17FN2O4S/c1-3-21-5-4-8(2)15-11-6-9(13(17)18)10(14)7-12(11)16(19)20/h6-8,15H,3-5H2,1-2H3,(H,17,18). The third kappa shape index (κ3) is 4.89. The quantitative estimate of drug-likeness (QED) is 0.434. The molecule has 0 aromatic heterocycles. The zero-order valence-electron chi connectivity index (χ0n) is 11.8. The number of rotatable bonds is 8. The van der Waals surface area contributed by atoms with Gasteiger partial charge in [-0.15, -0.1) is 0 Å². The molecule has 0 aliphatic heterocycles. The fourth-order valence-electron chi connectivity index (χ4n) is 1.74. The Morgan fingerprint density at radius 3 is 2.76 bits per heavy atom. The first kappa shape index (κ1) is 17.2. The Morgan fingerprint density at radius 1 is 1.57 bits per heavy atom. The monoisotopic (exact) mass is 316 g/mol. The molecule has 0 saturated carbocycles. The molecule has 1 rings (SSSR count). The molecule has 1 unspecified atom stereocenters. The maximum Gasteiger partial charge on any atom is 0.338 e. The number of benzene rings is 1. The van der Waals surface area contributed by atoms with Crippen LogP contribution in [0.5, 0.6) is 0 Å². The molecule has 1 atom stereocenters. The molecule has 0 amide bonds. The lowest BCUT2D eigenvalue weighted by molar-refractivity contribution is -0.384. The second kappa shape index (κ2) is 7.82. The summed E-state index contributed by atoms with van der Waals surface area (Å²) in [7, 11) is 0. The lowest BCUT2D eigenvalue weighted by atomic mass is 10.1. The summed E-state index contributed by atoms with van der Waals surface area (Å²) in [5.74, 6) is -0.716. The van der Waals surface area contributed by atoms with E-state index in [1.54, 1.807) is 11.8 Å². The number of carboxylic acids is 1. The van der Waals surface area contributed by atoms with Crippen LogP contribution in [-0.2, 0) is 0 Å². The number of nitrogens with zero attached hydrogens (tertiary/aromatic N) is 1. The molecule has 1 aromatic carbocycles. The van der Waals surface area contributed by atoms with Gasteiger partial charge in [-0.25, -0.2) is 9.18 Å². The van der Waals surface area contributed by atoms with Gasteiger partial charge < -0.3 is 10.4 Å². The van der Waals surface area contributed by atoms with Crippen LogP contribution in [0, 0.1) is 15.9 Å². The first-order valence-corrected chi connectivity index (χ1v) is 7.57. The van der Waals surface area contributed by atoms with E-state index in [-0.39, 0.29) is 11.7 Å². The highest BCUT2D eigenvalue weighted by Gasteiger charge is 2.22. The average Bonchev–Trinajstić information content (AvgIpc) is 2.40. The van der Waals surface area contributed by atoms with E-state index in [2.05, 4.69) is 5.32 Å². The molecule has 8 heteroatoms. The molecule has 0 bridgehead atoms. The van der Waals surface area contributed by atoms with Crippen molar-refractivity contribution in [1.82, 2.24) is 0 Å². The van der Waals surface area contributed by atoms with Crippen molar-refractivity contribution in [2.45, 2.75) is 26.3 Å². The number of halogens is 1. The molecule has 0 aliphatic carbocycles. The van der Waals surface area contributed by atoms with E-state index in [1.807, 2.05) is 13.8 Å². The van der Waals surface area contributed by atoms with Gasteiger partial charge >= 0.3 is 5.97 Å². The molecular formula is C13H17FN2O4S. The van der Waals surface area contributed by atoms with Crippen molar-refractivity contribution in [2.75, 3.05) is 16.8 Å². The number of carbonyl (C=O) groups is 1. The van der Waals surface area contributed by atoms with Gasteiger partial charge in [0, 0.05) is 6.04 Å². The fourth-order valence-corrected chi connectivity index (χ4v) is 2.54. The number of nitrogens with one attached hydrogen (secondary N) is 1. The van der Waals surface area contributed by atoms with Crippen LogP contribution in [0.15, 0.2) is 12.1 Å². The lowest BCUT2D eigenvalue weighted by Gasteiger charge is -2.15. The molecule has 0 radical (unpaired) electrons. The number of thioether (sulfide) groups is 1. The Labute approximate surface area is 125 Å². The maximum absolute atomic E-state index is 13.5. The molecule has 0 fully saturated rings. The Bertz CT molecular complexity index is 539. The minimum Gasteiger partial charge on any atom is -0.478 e. The van der Waals surface area contributed by atoms with E-state index in [0.29, 0.717) is 6.07 Å². The molecular weight excluding hydrogens is 299 g/mol. The summed E-state index contributed by atoms with van der Waals surface area (Å²) >= 11 is 1.74. The first-order chi connectivity index (χ1) is 9.86. The van der Waals surface area contributed by atoms with Crippen LogP contribution >= 0.6 is 11.8 Å². The lowest BCUT2D eigenvalue weighted by Crippen LogP contribution is -2.18. The van der Waals surface area contributed by atoms with Gasteiger partial charge in [0.2, 0.25) is 0 Å². The minimum absolute atomic E-state index is 0.0211. The Hall–Kier alpha value is -1.83. The predicted octanol–water partition coefficient (Wildman–Crippen LogP) is 3.38. The molecule has 0 saturated heterocycles. The summed E-state index contributed by atoms with van der Waals surface area (Å²) in [5, 5.41) is 22.7. The molecule has 2 N–H and O–H groups in total. The van der Waals surface area contributed by atoms with Crippen LogP contribution in [0.25, 0.3) is 0 Å². The fraction of sp³-hybridized carbons (Fsp3) is 0.462. The Kier molecular flexibility index (Phi) is 6.41. The van der Waals surface area contributed by atoms with E-state index in [9.17, 15) is 19.3 Å². The second-order valence-corrected chi connectivity index (χ2v) is 5.84. The Balaban J connectivity index is 3.00. The maximum atomic E-state index is 13.5. The summed E-state index contributed by atoms with van der Waals surface area (Å²) in [6.07, 6.45) is 0.759. The van der Waals surface area contributed by atoms with Gasteiger partial charge in [0.25, 0.3) is 5.69 Å². The van der Waals surface area contributed by atoms with Crippen LogP contribution in [0.2, 0.25) is 0 Å². The molecule has 0 spiro atoms. The van der Waals surface area contributed by atoms with Crippen molar-refractivity contribution in [3.05, 3.63) is 33.6 Å². The van der Waals surface area contributed by atoms with Crippen molar-refractivity contribution >= 4 is 29.1 Å². The number of hydrogen-bond acceptors (Lipinski definition) is 5. The zero-order chi connectivity index (χ0) is 16.0. The smallest absolute Gasteiger partial charge is 0.338 e. The van der Waals surface area contributed by atoms with Gasteiger partial charge in [-0.2, -0.15) is 11.8 Å². The van der Waals surface area contributed by atoms with Crippen molar-refractivity contribution in [3.8, 4) is 0 Å². The third-order valence-electron chi connectivity index (χ3n) is 2.81. The van der Waals surface area contributed by atoms with Crippen LogP contribution in [0.3, 0.4) is 0 Å². The van der Waals surface area contributed by atoms with Crippen LogP contribution < -0.4 is 5.32 Å². The highest BCUT2D eigenvalue weighted by Crippen LogP contribution is 2.29. The highest BCUT2D eigenvalue weighted by molar-refractivity contribution is 7.99. The van der Waals surface area contributed by atoms with Crippen molar-refractivity contribution in [2.24, 2.45) is 0 Å². The predicted molar refractivity (Wildman–Crippen MR) is 80.7 cm³/mol. The molecule has 6 nitrogen and oxygen atoms in total. The van der Waals surface area contributed by atoms with Crippen LogP contribution in [-0.4, -0.2) is 33.5 Å². The number of nitro groups is 1. The van der Waals surface area contributed by atoms with Crippen molar-refractivity contribution < 1.29 is 19.2 Å². The molecule has 0 heterocycles. The molecule has 1 aromatic rings. The van der Waals surface area contributed by atoms with Gasteiger partial charge in [-0.3, -0.25) is 10.1 Å². The van der Waals surface area contributed by atoms with Gasteiger partial charge in [-0.1, -0.05) is 6.92 Å². The minimum atomic E-state index is -1.46. The van der Waals surface area contributed by atoms with Crippen LogP contribution in [0.4, 0.5) is 15.8 Å². The molecule has 116 valence electrons. The number of hydrogen-bond donors (Lipinski definition) is 2. The highest BCUT2D eigenvalue weighted by atomic mass is 32.2. The summed E-state index contributed by atoms with van der Waals surface area (Å²) in [6, 6.07) is 1.52. The van der Waals surface area contributed by atoms with Gasteiger partial charge in [0.05, 0.1) is 16.6 Å². The van der Waals surface area contributed by atoms with Crippen molar-refractivity contribution in [1.29, 1.82) is 0 Å². The third-order valence-corrected chi connectivity index (χ3v) is 3.75. The Morgan fingerprint density at radius 2 is 2.24 bits per heavy atom. The second-order valence-electron chi connectivity index (χ2n) is 4.44.